The van der Waals surface area contributed by atoms with Crippen LogP contribution in [0, 0.1) is 6.92 Å². The molecule has 2 aromatic heterocycles. The molecule has 0 spiro atoms. The number of rotatable bonds is 1. The molecule has 5 heteroatoms. The van der Waals surface area contributed by atoms with Gasteiger partial charge in [0.25, 0.3) is 0 Å². The smallest absolute Gasteiger partial charge is 0.191 e. The molecule has 2 aromatic rings. The van der Waals surface area contributed by atoms with Crippen LogP contribution in [0.4, 0.5) is 3.89 Å². The van der Waals surface area contributed by atoms with Gasteiger partial charge in [-0.05, 0) is 12.5 Å². The van der Waals surface area contributed by atoms with Crippen LogP contribution in [0.15, 0.2) is 23.3 Å². The Morgan fingerprint density at radius 2 is 2.38 bits per heavy atom. The molecule has 0 fully saturated rings. The van der Waals surface area contributed by atoms with Gasteiger partial charge in [0.05, 0.1) is 5.39 Å². The van der Waals surface area contributed by atoms with E-state index in [1.54, 1.807) is 13.1 Å². The second kappa shape index (κ2) is 2.92. The molecule has 2 rings (SSSR count). The van der Waals surface area contributed by atoms with E-state index < -0.39 is 0 Å². The van der Waals surface area contributed by atoms with E-state index in [-0.39, 0.29) is 17.8 Å². The Hall–Kier alpha value is -1.23. The predicted octanol–water partition coefficient (Wildman–Crippen LogP) is 2.02. The first-order chi connectivity index (χ1) is 6.24. The van der Waals surface area contributed by atoms with Gasteiger partial charge in [-0.3, -0.25) is 4.79 Å². The number of nitrogens with one attached hydrogen (secondary N) is 1. The van der Waals surface area contributed by atoms with Crippen LogP contribution in [0.5, 0.6) is 0 Å². The Morgan fingerprint density at radius 1 is 1.62 bits per heavy atom. The summed E-state index contributed by atoms with van der Waals surface area (Å²) in [6, 6.07) is 1.43. The molecule has 0 atom stereocenters. The molecule has 68 valence electrons. The number of nitrogens with zero attached hydrogens (tertiary/aromatic N) is 1. The number of fused-ring (bicyclic) bond motifs is 1. The molecular formula is C8H7FN2OS. The summed E-state index contributed by atoms with van der Waals surface area (Å²) in [6.07, 6.45) is 3.10. The van der Waals surface area contributed by atoms with Crippen molar-refractivity contribution >= 4 is 23.4 Å². The number of aryl methyl sites for hydroxylation is 1. The summed E-state index contributed by atoms with van der Waals surface area (Å²) in [4.78, 5) is 14.2. The average Bonchev–Trinajstić information content (AvgIpc) is 2.44. The maximum absolute atomic E-state index is 12.4. The minimum Gasteiger partial charge on any atom is -0.347 e. The molecule has 0 unspecified atom stereocenters. The predicted molar refractivity (Wildman–Crippen MR) is 51.4 cm³/mol. The Bertz CT molecular complexity index is 502. The maximum atomic E-state index is 12.4. The maximum Gasteiger partial charge on any atom is 0.191 e. The highest BCUT2D eigenvalue weighted by molar-refractivity contribution is 7.92. The molecule has 0 aliphatic heterocycles. The van der Waals surface area contributed by atoms with E-state index >= 15 is 0 Å². The second-order valence-corrected chi connectivity index (χ2v) is 3.30. The summed E-state index contributed by atoms with van der Waals surface area (Å²) in [5.41, 5.74) is 1.21. The summed E-state index contributed by atoms with van der Waals surface area (Å²) in [7, 11) is 0. The van der Waals surface area contributed by atoms with E-state index in [0.29, 0.717) is 11.0 Å². The first-order valence-electron chi connectivity index (χ1n) is 3.72. The normalized spacial score (nSPS) is 10.9. The quantitative estimate of drug-likeness (QED) is 0.761. The molecule has 0 radical (unpaired) electrons. The number of halogens is 1. The second-order valence-electron chi connectivity index (χ2n) is 2.77. The molecule has 0 bridgehead atoms. The summed E-state index contributed by atoms with van der Waals surface area (Å²) in [6.45, 7) is 1.78. The summed E-state index contributed by atoms with van der Waals surface area (Å²) in [5, 5.41) is 0.549. The third kappa shape index (κ3) is 1.16. The number of hydrogen-bond donors (Lipinski definition) is 1. The number of aromatic nitrogens is 2. The van der Waals surface area contributed by atoms with Crippen LogP contribution in [0.1, 0.15) is 5.56 Å². The van der Waals surface area contributed by atoms with Crippen LogP contribution < -0.4 is 5.43 Å². The van der Waals surface area contributed by atoms with E-state index in [1.165, 1.54) is 16.2 Å². The lowest BCUT2D eigenvalue weighted by atomic mass is 10.2. The van der Waals surface area contributed by atoms with Gasteiger partial charge in [-0.1, -0.05) is 0 Å². The third-order valence-electron chi connectivity index (χ3n) is 1.94. The van der Waals surface area contributed by atoms with Crippen LogP contribution in [-0.4, -0.2) is 8.96 Å². The Morgan fingerprint density at radius 3 is 3.08 bits per heavy atom. The molecule has 0 saturated carbocycles. The Balaban J connectivity index is 2.96. The minimum absolute atomic E-state index is 0.0744. The molecular weight excluding hydrogens is 191 g/mol. The van der Waals surface area contributed by atoms with Crippen molar-refractivity contribution in [1.82, 2.24) is 8.96 Å². The fraction of sp³-hybridized carbons (Fsp3) is 0.125. The van der Waals surface area contributed by atoms with Gasteiger partial charge in [0.1, 0.15) is 5.65 Å². The average molecular weight is 198 g/mol. The lowest BCUT2D eigenvalue weighted by molar-refractivity contribution is 0.919. The van der Waals surface area contributed by atoms with Gasteiger partial charge in [0.15, 0.2) is 17.8 Å². The first kappa shape index (κ1) is 8.37. The highest BCUT2D eigenvalue weighted by atomic mass is 32.2. The van der Waals surface area contributed by atoms with Gasteiger partial charge >= 0.3 is 0 Å². The van der Waals surface area contributed by atoms with E-state index in [2.05, 4.69) is 4.98 Å². The Labute approximate surface area is 78.0 Å². The van der Waals surface area contributed by atoms with Crippen molar-refractivity contribution in [2.75, 3.05) is 0 Å². The molecule has 0 aliphatic carbocycles. The van der Waals surface area contributed by atoms with Crippen molar-refractivity contribution in [2.45, 2.75) is 6.92 Å². The molecule has 13 heavy (non-hydrogen) atoms. The molecule has 2 heterocycles. The van der Waals surface area contributed by atoms with Crippen LogP contribution in [-0.2, 0) is 0 Å². The van der Waals surface area contributed by atoms with Crippen LogP contribution in [0.3, 0.4) is 0 Å². The SMILES string of the molecule is Cc1cn(SF)c2[nH]ccc(=O)c12. The topological polar surface area (TPSA) is 37.8 Å². The largest absolute Gasteiger partial charge is 0.347 e. The Kier molecular flexibility index (Phi) is 1.88. The third-order valence-corrected chi connectivity index (χ3v) is 2.37. The monoisotopic (exact) mass is 198 g/mol. The molecule has 3 nitrogen and oxygen atoms in total. The minimum atomic E-state index is -0.0842. The van der Waals surface area contributed by atoms with Crippen LogP contribution in [0.25, 0.3) is 11.0 Å². The van der Waals surface area contributed by atoms with Crippen molar-refractivity contribution in [1.29, 1.82) is 0 Å². The summed E-state index contributed by atoms with van der Waals surface area (Å²) >= 11 is 0.0744. The van der Waals surface area contributed by atoms with Gasteiger partial charge in [0, 0.05) is 18.5 Å². The summed E-state index contributed by atoms with van der Waals surface area (Å²) < 4.78 is 13.7. The van der Waals surface area contributed by atoms with E-state index in [4.69, 9.17) is 0 Å². The van der Waals surface area contributed by atoms with Gasteiger partial charge in [-0.25, -0.2) is 3.97 Å². The van der Waals surface area contributed by atoms with Crippen molar-refractivity contribution in [3.05, 3.63) is 34.2 Å². The van der Waals surface area contributed by atoms with Gasteiger partial charge in [-0.15, -0.1) is 3.89 Å². The number of H-pyrrole nitrogens is 1. The number of aromatic amines is 1. The van der Waals surface area contributed by atoms with Crippen LogP contribution in [0.2, 0.25) is 0 Å². The van der Waals surface area contributed by atoms with Gasteiger partial charge in [-0.2, -0.15) is 0 Å². The van der Waals surface area contributed by atoms with Crippen molar-refractivity contribution in [2.24, 2.45) is 0 Å². The zero-order chi connectivity index (χ0) is 9.42. The molecule has 0 aromatic carbocycles. The highest BCUT2D eigenvalue weighted by Crippen LogP contribution is 2.20. The molecule has 0 saturated heterocycles. The summed E-state index contributed by atoms with van der Waals surface area (Å²) in [5.74, 6) is 0. The van der Waals surface area contributed by atoms with Gasteiger partial charge < -0.3 is 4.98 Å². The number of pyridine rings is 1. The van der Waals surface area contributed by atoms with Crippen molar-refractivity contribution in [3.63, 3.8) is 0 Å². The lowest BCUT2D eigenvalue weighted by Gasteiger charge is -1.93. The van der Waals surface area contributed by atoms with Gasteiger partial charge in [0.2, 0.25) is 0 Å². The van der Waals surface area contributed by atoms with Crippen LogP contribution >= 0.6 is 12.3 Å². The van der Waals surface area contributed by atoms with Crippen molar-refractivity contribution in [3.8, 4) is 0 Å². The van der Waals surface area contributed by atoms with E-state index in [9.17, 15) is 8.68 Å². The fourth-order valence-electron chi connectivity index (χ4n) is 1.38. The fourth-order valence-corrected chi connectivity index (χ4v) is 1.79. The standard InChI is InChI=1S/C8H7FN2OS/c1-5-4-11(13-9)8-7(5)6(12)2-3-10-8/h2-4H,1H3,(H,10,12). The molecule has 0 amide bonds. The number of hydrogen-bond acceptors (Lipinski definition) is 2. The molecule has 1 N–H and O–H groups in total. The molecule has 0 aliphatic rings. The highest BCUT2D eigenvalue weighted by Gasteiger charge is 2.08. The van der Waals surface area contributed by atoms with E-state index in [1.807, 2.05) is 0 Å². The lowest BCUT2D eigenvalue weighted by Crippen LogP contribution is -1.99. The van der Waals surface area contributed by atoms with E-state index in [0.717, 1.165) is 5.56 Å². The first-order valence-corrected chi connectivity index (χ1v) is 4.40. The zero-order valence-electron chi connectivity index (χ0n) is 6.87. The van der Waals surface area contributed by atoms with Crippen molar-refractivity contribution < 1.29 is 3.89 Å². The zero-order valence-corrected chi connectivity index (χ0v) is 7.69.